The Balaban J connectivity index is 1.64. The van der Waals surface area contributed by atoms with Crippen LogP contribution >= 0.6 is 0 Å². The van der Waals surface area contributed by atoms with Gasteiger partial charge in [-0.3, -0.25) is 14.5 Å². The van der Waals surface area contributed by atoms with Crippen molar-refractivity contribution in [3.63, 3.8) is 0 Å². The molecule has 39 heavy (non-hydrogen) atoms. The van der Waals surface area contributed by atoms with Crippen LogP contribution in [0.25, 0.3) is 11.0 Å². The molecule has 4 aromatic rings. The van der Waals surface area contributed by atoms with E-state index in [0.29, 0.717) is 33.7 Å². The molecule has 9 heteroatoms. The Morgan fingerprint density at radius 1 is 0.974 bits per heavy atom. The molecule has 1 amide bonds. The Labute approximate surface area is 223 Å². The maximum absolute atomic E-state index is 13.9. The van der Waals surface area contributed by atoms with Gasteiger partial charge in [0, 0.05) is 11.1 Å². The molecule has 9 nitrogen and oxygen atoms in total. The molecule has 0 fully saturated rings. The minimum Gasteiger partial charge on any atom is -0.503 e. The Morgan fingerprint density at radius 3 is 2.41 bits per heavy atom. The summed E-state index contributed by atoms with van der Waals surface area (Å²) in [7, 11) is 3.02. The van der Waals surface area contributed by atoms with Crippen LogP contribution < -0.4 is 14.4 Å². The lowest BCUT2D eigenvalue weighted by atomic mass is 9.94. The van der Waals surface area contributed by atoms with Crippen molar-refractivity contribution in [1.82, 2.24) is 0 Å². The first kappa shape index (κ1) is 25.6. The number of esters is 1. The summed E-state index contributed by atoms with van der Waals surface area (Å²) < 4.78 is 21.6. The lowest BCUT2D eigenvalue weighted by Gasteiger charge is -2.27. The standard InChI is InChI=1S/C30H25NO8/c1-4-38-30(35)19-8-5-9-20(15-19)31-25(17-11-13-21(36-2)14-12-17)24(27(33)29(31)34)26(32)23-16-18-7-6-10-22(37-3)28(18)39-23/h5-16,25,33H,4H2,1-3H3. The summed E-state index contributed by atoms with van der Waals surface area (Å²) in [5.74, 6) is -1.78. The maximum Gasteiger partial charge on any atom is 0.338 e. The number of fused-ring (bicyclic) bond motifs is 1. The van der Waals surface area contributed by atoms with Gasteiger partial charge in [-0.1, -0.05) is 30.3 Å². The topological polar surface area (TPSA) is 116 Å². The zero-order chi connectivity index (χ0) is 27.7. The minimum absolute atomic E-state index is 0.0653. The van der Waals surface area contributed by atoms with Gasteiger partial charge in [0.1, 0.15) is 5.75 Å². The van der Waals surface area contributed by atoms with Gasteiger partial charge in [-0.2, -0.15) is 0 Å². The summed E-state index contributed by atoms with van der Waals surface area (Å²) in [5, 5.41) is 11.7. The van der Waals surface area contributed by atoms with Crippen LogP contribution in [0.15, 0.2) is 88.5 Å². The number of carbonyl (C=O) groups excluding carboxylic acids is 3. The van der Waals surface area contributed by atoms with Crippen LogP contribution in [0.5, 0.6) is 11.5 Å². The number of aliphatic hydroxyl groups excluding tert-OH is 1. The van der Waals surface area contributed by atoms with Gasteiger partial charge in [0.25, 0.3) is 5.91 Å². The van der Waals surface area contributed by atoms with E-state index in [9.17, 15) is 19.5 Å². The van der Waals surface area contributed by atoms with Gasteiger partial charge < -0.3 is 23.7 Å². The Kier molecular flexibility index (Phi) is 6.81. The normalized spacial score (nSPS) is 15.1. The zero-order valence-electron chi connectivity index (χ0n) is 21.5. The molecule has 3 aromatic carbocycles. The quantitative estimate of drug-likeness (QED) is 0.239. The smallest absolute Gasteiger partial charge is 0.338 e. The number of carbonyl (C=O) groups is 3. The summed E-state index contributed by atoms with van der Waals surface area (Å²) in [4.78, 5) is 41.1. The number of rotatable bonds is 8. The molecule has 5 rings (SSSR count). The monoisotopic (exact) mass is 527 g/mol. The number of para-hydroxylation sites is 1. The van der Waals surface area contributed by atoms with E-state index in [1.165, 1.54) is 25.2 Å². The molecule has 0 radical (unpaired) electrons. The summed E-state index contributed by atoms with van der Waals surface area (Å²) in [6, 6.07) is 18.8. The fourth-order valence-corrected chi connectivity index (χ4v) is 4.64. The number of hydrogen-bond acceptors (Lipinski definition) is 8. The van der Waals surface area contributed by atoms with Gasteiger partial charge >= 0.3 is 5.97 Å². The predicted molar refractivity (Wildman–Crippen MR) is 142 cm³/mol. The Morgan fingerprint density at radius 2 is 1.72 bits per heavy atom. The van der Waals surface area contributed by atoms with Gasteiger partial charge in [-0.15, -0.1) is 0 Å². The van der Waals surface area contributed by atoms with E-state index in [1.807, 2.05) is 0 Å². The van der Waals surface area contributed by atoms with E-state index >= 15 is 0 Å². The second kappa shape index (κ2) is 10.4. The van der Waals surface area contributed by atoms with E-state index in [0.717, 1.165) is 0 Å². The van der Waals surface area contributed by atoms with Gasteiger partial charge in [0.15, 0.2) is 22.9 Å². The number of hydrogen-bond donors (Lipinski definition) is 1. The zero-order valence-corrected chi connectivity index (χ0v) is 21.5. The van der Waals surface area contributed by atoms with E-state index in [4.69, 9.17) is 18.6 Å². The molecule has 2 heterocycles. The number of anilines is 1. The number of aliphatic hydroxyl groups is 1. The first-order valence-electron chi connectivity index (χ1n) is 12.2. The number of benzene rings is 3. The van der Waals surface area contributed by atoms with Crippen LogP contribution in [0.4, 0.5) is 5.69 Å². The number of amides is 1. The van der Waals surface area contributed by atoms with Crippen molar-refractivity contribution in [2.75, 3.05) is 25.7 Å². The van der Waals surface area contributed by atoms with Crippen molar-refractivity contribution in [2.24, 2.45) is 0 Å². The summed E-state index contributed by atoms with van der Waals surface area (Å²) in [6.07, 6.45) is 0. The van der Waals surface area contributed by atoms with E-state index in [-0.39, 0.29) is 23.5 Å². The largest absolute Gasteiger partial charge is 0.503 e. The highest BCUT2D eigenvalue weighted by molar-refractivity contribution is 6.21. The van der Waals surface area contributed by atoms with Crippen LogP contribution in [0.3, 0.4) is 0 Å². The van der Waals surface area contributed by atoms with E-state index in [2.05, 4.69) is 0 Å². The lowest BCUT2D eigenvalue weighted by Crippen LogP contribution is -2.31. The van der Waals surface area contributed by atoms with Gasteiger partial charge in [0.05, 0.1) is 38.0 Å². The highest BCUT2D eigenvalue weighted by atomic mass is 16.5. The van der Waals surface area contributed by atoms with Gasteiger partial charge in [-0.25, -0.2) is 4.79 Å². The number of furan rings is 1. The molecule has 0 saturated heterocycles. The minimum atomic E-state index is -1.02. The van der Waals surface area contributed by atoms with Crippen LogP contribution in [0.1, 0.15) is 39.4 Å². The molecule has 0 aliphatic carbocycles. The number of Topliss-reactive ketones (excluding diaryl/α,β-unsaturated/α-hetero) is 1. The SMILES string of the molecule is CCOC(=O)c1cccc(N2C(=O)C(O)=C(C(=O)c3cc4cccc(OC)c4o3)C2c2ccc(OC)cc2)c1. The first-order valence-corrected chi connectivity index (χ1v) is 12.2. The average molecular weight is 528 g/mol. The molecule has 1 N–H and O–H groups in total. The van der Waals surface area contributed by atoms with Crippen molar-refractivity contribution in [3.05, 3.63) is 101 Å². The van der Waals surface area contributed by atoms with Crippen molar-refractivity contribution >= 4 is 34.3 Å². The van der Waals surface area contributed by atoms with Crippen LogP contribution in [0.2, 0.25) is 0 Å². The molecular formula is C30H25NO8. The summed E-state index contributed by atoms with van der Waals surface area (Å²) >= 11 is 0. The molecule has 1 atom stereocenters. The first-order chi connectivity index (χ1) is 18.9. The van der Waals surface area contributed by atoms with E-state index in [1.54, 1.807) is 73.7 Å². The lowest BCUT2D eigenvalue weighted by molar-refractivity contribution is -0.117. The Bertz CT molecular complexity index is 1620. The van der Waals surface area contributed by atoms with Crippen molar-refractivity contribution < 1.29 is 38.1 Å². The third-order valence-electron chi connectivity index (χ3n) is 6.47. The fraction of sp³-hybridized carbons (Fsp3) is 0.167. The van der Waals surface area contributed by atoms with E-state index < -0.39 is 29.5 Å². The average Bonchev–Trinajstić information content (AvgIpc) is 3.52. The van der Waals surface area contributed by atoms with Crippen LogP contribution in [-0.2, 0) is 9.53 Å². The Hall–Kier alpha value is -5.05. The number of methoxy groups -OCH3 is 2. The fourth-order valence-electron chi connectivity index (χ4n) is 4.64. The van der Waals surface area contributed by atoms with Crippen molar-refractivity contribution in [1.29, 1.82) is 0 Å². The highest BCUT2D eigenvalue weighted by Gasteiger charge is 2.45. The predicted octanol–water partition coefficient (Wildman–Crippen LogP) is 5.41. The second-order valence-electron chi connectivity index (χ2n) is 8.70. The van der Waals surface area contributed by atoms with Crippen molar-refractivity contribution in [3.8, 4) is 11.5 Å². The van der Waals surface area contributed by atoms with Crippen LogP contribution in [-0.4, -0.2) is 43.6 Å². The van der Waals surface area contributed by atoms with Crippen LogP contribution in [0, 0.1) is 0 Å². The van der Waals surface area contributed by atoms with Crippen molar-refractivity contribution in [2.45, 2.75) is 13.0 Å². The molecule has 1 aromatic heterocycles. The van der Waals surface area contributed by atoms with Gasteiger partial charge in [-0.05, 0) is 55.0 Å². The number of nitrogens with zero attached hydrogens (tertiary/aromatic N) is 1. The van der Waals surface area contributed by atoms with Gasteiger partial charge in [0.2, 0.25) is 5.78 Å². The molecule has 1 unspecified atom stereocenters. The maximum atomic E-state index is 13.9. The third-order valence-corrected chi connectivity index (χ3v) is 6.47. The molecule has 0 spiro atoms. The summed E-state index contributed by atoms with van der Waals surface area (Å²) in [6.45, 7) is 1.88. The number of ether oxygens (including phenoxy) is 3. The molecule has 1 aliphatic rings. The highest BCUT2D eigenvalue weighted by Crippen LogP contribution is 2.43. The molecule has 0 saturated carbocycles. The molecule has 198 valence electrons. The number of ketones is 1. The molecular weight excluding hydrogens is 502 g/mol. The molecule has 0 bridgehead atoms. The third kappa shape index (κ3) is 4.48. The second-order valence-corrected chi connectivity index (χ2v) is 8.70. The molecule has 1 aliphatic heterocycles. The summed E-state index contributed by atoms with van der Waals surface area (Å²) in [5.41, 5.74) is 1.26.